The van der Waals surface area contributed by atoms with E-state index in [4.69, 9.17) is 13.9 Å². The van der Waals surface area contributed by atoms with Gasteiger partial charge in [-0.3, -0.25) is 4.79 Å². The molecule has 29 heavy (non-hydrogen) atoms. The number of para-hydroxylation sites is 1. The van der Waals surface area contributed by atoms with Crippen molar-refractivity contribution in [3.8, 4) is 17.1 Å². The van der Waals surface area contributed by atoms with Crippen LogP contribution in [0.1, 0.15) is 44.2 Å². The fourth-order valence-electron chi connectivity index (χ4n) is 3.22. The second-order valence-corrected chi connectivity index (χ2v) is 8.16. The Hall–Kier alpha value is -2.83. The molecule has 0 aliphatic carbocycles. The number of nitrogens with zero attached hydrogens (tertiary/aromatic N) is 1. The van der Waals surface area contributed by atoms with Crippen LogP contribution in [0.4, 0.5) is 9.18 Å². The Balaban J connectivity index is 1.60. The zero-order valence-corrected chi connectivity index (χ0v) is 16.9. The molecule has 0 saturated carbocycles. The first kappa shape index (κ1) is 20.9. The number of carbonyl (C=O) groups is 2. The van der Waals surface area contributed by atoms with Gasteiger partial charge in [0.25, 0.3) is 0 Å². The van der Waals surface area contributed by atoms with E-state index in [0.29, 0.717) is 37.3 Å². The van der Waals surface area contributed by atoms with Crippen molar-refractivity contribution < 1.29 is 27.9 Å². The Labute approximate surface area is 169 Å². The number of rotatable bonds is 5. The van der Waals surface area contributed by atoms with Crippen molar-refractivity contribution in [1.82, 2.24) is 4.90 Å². The molecule has 1 saturated heterocycles. The summed E-state index contributed by atoms with van der Waals surface area (Å²) in [5.41, 5.74) is -0.0577. The predicted molar refractivity (Wildman–Crippen MR) is 106 cm³/mol. The number of benzene rings is 1. The molecule has 0 unspecified atom stereocenters. The molecule has 2 aromatic rings. The number of hydrogen-bond donors (Lipinski definition) is 0. The maximum Gasteiger partial charge on any atom is 0.410 e. The minimum Gasteiger partial charge on any atom is -0.489 e. The molecule has 1 aliphatic heterocycles. The van der Waals surface area contributed by atoms with E-state index in [-0.39, 0.29) is 23.5 Å². The third kappa shape index (κ3) is 5.37. The molecule has 0 bridgehead atoms. The van der Waals surface area contributed by atoms with E-state index in [1.165, 1.54) is 12.1 Å². The topological polar surface area (TPSA) is 69.0 Å². The highest BCUT2D eigenvalue weighted by atomic mass is 19.1. The van der Waals surface area contributed by atoms with E-state index in [1.54, 1.807) is 23.1 Å². The molecular formula is C22H26FNO5. The van der Waals surface area contributed by atoms with Crippen LogP contribution in [0.3, 0.4) is 0 Å². The van der Waals surface area contributed by atoms with Gasteiger partial charge in [0.05, 0.1) is 12.2 Å². The summed E-state index contributed by atoms with van der Waals surface area (Å²) in [6, 6.07) is 7.73. The van der Waals surface area contributed by atoms with Crippen LogP contribution in [0.2, 0.25) is 0 Å². The molecule has 3 rings (SSSR count). The Morgan fingerprint density at radius 2 is 1.97 bits per heavy atom. The van der Waals surface area contributed by atoms with Crippen molar-refractivity contribution in [2.45, 2.75) is 39.2 Å². The fourth-order valence-corrected chi connectivity index (χ4v) is 3.22. The van der Waals surface area contributed by atoms with Gasteiger partial charge in [-0.05, 0) is 63.8 Å². The first-order valence-corrected chi connectivity index (χ1v) is 9.71. The van der Waals surface area contributed by atoms with E-state index in [1.807, 2.05) is 20.8 Å². The summed E-state index contributed by atoms with van der Waals surface area (Å²) < 4.78 is 31.0. The molecule has 1 fully saturated rings. The van der Waals surface area contributed by atoms with Crippen molar-refractivity contribution in [2.24, 2.45) is 5.92 Å². The number of aldehydes is 1. The molecule has 2 heterocycles. The number of piperidine rings is 1. The smallest absolute Gasteiger partial charge is 0.410 e. The number of halogens is 1. The van der Waals surface area contributed by atoms with Crippen LogP contribution < -0.4 is 4.74 Å². The van der Waals surface area contributed by atoms with Crippen LogP contribution >= 0.6 is 0 Å². The summed E-state index contributed by atoms with van der Waals surface area (Å²) >= 11 is 0. The molecule has 1 amide bonds. The Kier molecular flexibility index (Phi) is 6.25. The van der Waals surface area contributed by atoms with Gasteiger partial charge >= 0.3 is 6.09 Å². The predicted octanol–water partition coefficient (Wildman–Crippen LogP) is 4.92. The van der Waals surface area contributed by atoms with Crippen LogP contribution in [-0.4, -0.2) is 42.6 Å². The van der Waals surface area contributed by atoms with E-state index in [9.17, 15) is 14.0 Å². The summed E-state index contributed by atoms with van der Waals surface area (Å²) in [7, 11) is 0. The Morgan fingerprint density at radius 3 is 2.59 bits per heavy atom. The van der Waals surface area contributed by atoms with Gasteiger partial charge in [0.15, 0.2) is 23.6 Å². The molecule has 1 aromatic carbocycles. The summed E-state index contributed by atoms with van der Waals surface area (Å²) in [5, 5.41) is 0. The van der Waals surface area contributed by atoms with Gasteiger partial charge in [-0.2, -0.15) is 0 Å². The molecule has 0 spiro atoms. The lowest BCUT2D eigenvalue weighted by Gasteiger charge is -2.33. The van der Waals surface area contributed by atoms with Crippen molar-refractivity contribution in [3.63, 3.8) is 0 Å². The standard InChI is InChI=1S/C22H26FNO5/c1-22(2,3)29-21(26)24-11-9-15(10-12-24)14-27-20-17(5-4-6-18(20)23)19-8-7-16(13-25)28-19/h4-8,13,15H,9-12,14H2,1-3H3. The SMILES string of the molecule is CC(C)(C)OC(=O)N1CCC(COc2c(F)cccc2-c2ccc(C=O)o2)CC1. The largest absolute Gasteiger partial charge is 0.489 e. The third-order valence-electron chi connectivity index (χ3n) is 4.70. The lowest BCUT2D eigenvalue weighted by molar-refractivity contribution is 0.0164. The Morgan fingerprint density at radius 1 is 1.24 bits per heavy atom. The van der Waals surface area contributed by atoms with E-state index >= 15 is 0 Å². The van der Waals surface area contributed by atoms with Gasteiger partial charge in [-0.15, -0.1) is 0 Å². The summed E-state index contributed by atoms with van der Waals surface area (Å²) in [5.74, 6) is 0.362. The first-order valence-electron chi connectivity index (χ1n) is 9.71. The van der Waals surface area contributed by atoms with Crippen LogP contribution in [0.15, 0.2) is 34.7 Å². The highest BCUT2D eigenvalue weighted by Crippen LogP contribution is 2.34. The average Bonchev–Trinajstić information content (AvgIpc) is 3.15. The second-order valence-electron chi connectivity index (χ2n) is 8.16. The molecule has 156 valence electrons. The van der Waals surface area contributed by atoms with E-state index < -0.39 is 11.4 Å². The fraction of sp³-hybridized carbons (Fsp3) is 0.455. The van der Waals surface area contributed by atoms with Crippen LogP contribution in [-0.2, 0) is 4.74 Å². The molecule has 0 radical (unpaired) electrons. The molecule has 0 atom stereocenters. The highest BCUT2D eigenvalue weighted by Gasteiger charge is 2.27. The van der Waals surface area contributed by atoms with Crippen molar-refractivity contribution in [2.75, 3.05) is 19.7 Å². The van der Waals surface area contributed by atoms with Crippen molar-refractivity contribution in [1.29, 1.82) is 0 Å². The van der Waals surface area contributed by atoms with Crippen molar-refractivity contribution in [3.05, 3.63) is 41.9 Å². The number of amides is 1. The normalized spacial score (nSPS) is 15.2. The zero-order valence-electron chi connectivity index (χ0n) is 16.9. The summed E-state index contributed by atoms with van der Waals surface area (Å²) in [6.45, 7) is 7.01. The molecule has 6 nitrogen and oxygen atoms in total. The van der Waals surface area contributed by atoms with Gasteiger partial charge in [0.2, 0.25) is 0 Å². The van der Waals surface area contributed by atoms with Crippen LogP contribution in [0.25, 0.3) is 11.3 Å². The summed E-state index contributed by atoms with van der Waals surface area (Å²) in [4.78, 5) is 24.7. The lowest BCUT2D eigenvalue weighted by Crippen LogP contribution is -2.42. The monoisotopic (exact) mass is 403 g/mol. The minimum absolute atomic E-state index is 0.105. The van der Waals surface area contributed by atoms with Gasteiger partial charge in [0, 0.05) is 13.1 Å². The first-order chi connectivity index (χ1) is 13.8. The van der Waals surface area contributed by atoms with E-state index in [0.717, 1.165) is 12.8 Å². The molecule has 1 aromatic heterocycles. The molecule has 7 heteroatoms. The number of furan rings is 1. The van der Waals surface area contributed by atoms with E-state index in [2.05, 4.69) is 0 Å². The summed E-state index contributed by atoms with van der Waals surface area (Å²) in [6.07, 6.45) is 1.79. The van der Waals surface area contributed by atoms with Gasteiger partial charge in [0.1, 0.15) is 11.4 Å². The second kappa shape index (κ2) is 8.68. The van der Waals surface area contributed by atoms with Crippen LogP contribution in [0, 0.1) is 11.7 Å². The molecular weight excluding hydrogens is 377 g/mol. The maximum atomic E-state index is 14.4. The quantitative estimate of drug-likeness (QED) is 0.663. The zero-order chi connectivity index (χ0) is 21.0. The lowest BCUT2D eigenvalue weighted by atomic mass is 9.98. The van der Waals surface area contributed by atoms with Crippen molar-refractivity contribution >= 4 is 12.4 Å². The number of hydrogen-bond acceptors (Lipinski definition) is 5. The minimum atomic E-state index is -0.520. The maximum absolute atomic E-state index is 14.4. The molecule has 0 N–H and O–H groups in total. The van der Waals surface area contributed by atoms with Gasteiger partial charge < -0.3 is 18.8 Å². The number of carbonyl (C=O) groups excluding carboxylic acids is 2. The Bertz CT molecular complexity index is 862. The van der Waals surface area contributed by atoms with Gasteiger partial charge in [-0.25, -0.2) is 9.18 Å². The number of likely N-dealkylation sites (tertiary alicyclic amines) is 1. The van der Waals surface area contributed by atoms with Gasteiger partial charge in [-0.1, -0.05) is 6.07 Å². The molecule has 1 aliphatic rings. The average molecular weight is 403 g/mol. The number of ether oxygens (including phenoxy) is 2. The third-order valence-corrected chi connectivity index (χ3v) is 4.70. The van der Waals surface area contributed by atoms with Crippen LogP contribution in [0.5, 0.6) is 5.75 Å². The highest BCUT2D eigenvalue weighted by molar-refractivity contribution is 5.74.